The number of nitrogens with one attached hydrogen (secondary N) is 2. The smallest absolute Gasteiger partial charge is 0.315 e. The van der Waals surface area contributed by atoms with E-state index in [9.17, 15) is 4.79 Å². The fourth-order valence-corrected chi connectivity index (χ4v) is 3.36. The molecule has 0 aromatic heterocycles. The van der Waals surface area contributed by atoms with E-state index in [0.29, 0.717) is 12.1 Å². The zero-order valence-electron chi connectivity index (χ0n) is 12.0. The number of likely N-dealkylation sites (tertiary alicyclic amines) is 1. The molecule has 1 aliphatic heterocycles. The molecule has 2 atom stereocenters. The summed E-state index contributed by atoms with van der Waals surface area (Å²) >= 11 is 0. The first-order chi connectivity index (χ1) is 9.26. The van der Waals surface area contributed by atoms with Gasteiger partial charge in [-0.3, -0.25) is 0 Å². The first-order valence-corrected chi connectivity index (χ1v) is 8.07. The highest BCUT2D eigenvalue weighted by Crippen LogP contribution is 2.34. The van der Waals surface area contributed by atoms with Gasteiger partial charge in [-0.25, -0.2) is 4.79 Å². The van der Waals surface area contributed by atoms with Gasteiger partial charge in [0.1, 0.15) is 0 Å². The van der Waals surface area contributed by atoms with Crippen LogP contribution in [-0.2, 0) is 0 Å². The van der Waals surface area contributed by atoms with Crippen molar-refractivity contribution < 1.29 is 4.79 Å². The molecule has 4 heteroatoms. The first kappa shape index (κ1) is 13.2. The van der Waals surface area contributed by atoms with Gasteiger partial charge in [0.25, 0.3) is 0 Å². The Bertz CT molecular complexity index is 321. The molecule has 2 amide bonds. The topological polar surface area (TPSA) is 44.4 Å². The van der Waals surface area contributed by atoms with Crippen molar-refractivity contribution >= 4 is 6.03 Å². The van der Waals surface area contributed by atoms with E-state index in [2.05, 4.69) is 22.5 Å². The van der Waals surface area contributed by atoms with Crippen LogP contribution in [0.1, 0.15) is 51.9 Å². The third-order valence-electron chi connectivity index (χ3n) is 4.83. The number of carbonyl (C=O) groups excluding carboxylic acids is 1. The van der Waals surface area contributed by atoms with Crippen molar-refractivity contribution in [1.29, 1.82) is 0 Å². The van der Waals surface area contributed by atoms with E-state index in [1.54, 1.807) is 0 Å². The molecule has 2 aliphatic carbocycles. The molecule has 0 aromatic rings. The third-order valence-corrected chi connectivity index (χ3v) is 4.83. The number of amides is 2. The maximum atomic E-state index is 11.9. The molecular formula is C15H27N3O. The number of carbonyl (C=O) groups is 1. The lowest BCUT2D eigenvalue weighted by atomic mass is 10.1. The number of rotatable bonds is 5. The molecular weight excluding hydrogens is 238 g/mol. The average Bonchev–Trinajstić information content (AvgIpc) is 3.27. The lowest BCUT2D eigenvalue weighted by Gasteiger charge is -2.32. The Morgan fingerprint density at radius 1 is 1.16 bits per heavy atom. The van der Waals surface area contributed by atoms with Gasteiger partial charge in [-0.15, -0.1) is 0 Å². The summed E-state index contributed by atoms with van der Waals surface area (Å²) in [5.74, 6) is 0.743. The van der Waals surface area contributed by atoms with Crippen LogP contribution < -0.4 is 10.6 Å². The Morgan fingerprint density at radius 3 is 2.53 bits per heavy atom. The van der Waals surface area contributed by atoms with Gasteiger partial charge in [0.2, 0.25) is 0 Å². The summed E-state index contributed by atoms with van der Waals surface area (Å²) in [5.41, 5.74) is 0. The molecule has 4 nitrogen and oxygen atoms in total. The van der Waals surface area contributed by atoms with E-state index in [1.165, 1.54) is 32.1 Å². The minimum absolute atomic E-state index is 0.0634. The van der Waals surface area contributed by atoms with Crippen molar-refractivity contribution in [2.75, 3.05) is 13.1 Å². The number of nitrogens with zero attached hydrogens (tertiary/aromatic N) is 1. The summed E-state index contributed by atoms with van der Waals surface area (Å²) in [4.78, 5) is 14.5. The number of hydrogen-bond donors (Lipinski definition) is 2. The molecule has 0 aromatic carbocycles. The average molecular weight is 265 g/mol. The van der Waals surface area contributed by atoms with Crippen LogP contribution in [0.4, 0.5) is 4.79 Å². The van der Waals surface area contributed by atoms with Crippen molar-refractivity contribution in [3.63, 3.8) is 0 Å². The summed E-state index contributed by atoms with van der Waals surface area (Å²) in [6.45, 7) is 4.54. The Morgan fingerprint density at radius 2 is 1.89 bits per heavy atom. The highest BCUT2D eigenvalue weighted by atomic mass is 16.2. The predicted octanol–water partition coefficient (Wildman–Crippen LogP) is 2.10. The van der Waals surface area contributed by atoms with E-state index in [0.717, 1.165) is 37.9 Å². The van der Waals surface area contributed by atoms with E-state index in [1.807, 2.05) is 0 Å². The Labute approximate surface area is 116 Å². The van der Waals surface area contributed by atoms with E-state index in [4.69, 9.17) is 0 Å². The quantitative estimate of drug-likeness (QED) is 0.799. The van der Waals surface area contributed by atoms with Gasteiger partial charge in [0, 0.05) is 31.2 Å². The maximum Gasteiger partial charge on any atom is 0.315 e. The van der Waals surface area contributed by atoms with Crippen molar-refractivity contribution in [2.24, 2.45) is 5.92 Å². The zero-order chi connectivity index (χ0) is 13.2. The fourth-order valence-electron chi connectivity index (χ4n) is 3.36. The minimum Gasteiger partial charge on any atom is -0.335 e. The number of piperidine rings is 1. The van der Waals surface area contributed by atoms with E-state index in [-0.39, 0.29) is 6.03 Å². The van der Waals surface area contributed by atoms with Gasteiger partial charge in [-0.05, 0) is 44.4 Å². The van der Waals surface area contributed by atoms with Crippen LogP contribution >= 0.6 is 0 Å². The van der Waals surface area contributed by atoms with Crippen molar-refractivity contribution in [3.8, 4) is 0 Å². The van der Waals surface area contributed by atoms with Crippen LogP contribution in [0.3, 0.4) is 0 Å². The van der Waals surface area contributed by atoms with E-state index < -0.39 is 0 Å². The Kier molecular flexibility index (Phi) is 3.96. The molecule has 0 radical (unpaired) electrons. The molecule has 2 N–H and O–H groups in total. The van der Waals surface area contributed by atoms with Crippen molar-refractivity contribution in [1.82, 2.24) is 15.5 Å². The van der Waals surface area contributed by atoms with Crippen LogP contribution in [0.25, 0.3) is 0 Å². The van der Waals surface area contributed by atoms with Crippen molar-refractivity contribution in [3.05, 3.63) is 0 Å². The van der Waals surface area contributed by atoms with E-state index >= 15 is 0 Å². The fraction of sp³-hybridized carbons (Fsp3) is 0.933. The maximum absolute atomic E-state index is 11.9. The molecule has 2 saturated carbocycles. The summed E-state index contributed by atoms with van der Waals surface area (Å²) in [7, 11) is 0. The van der Waals surface area contributed by atoms with Gasteiger partial charge in [-0.1, -0.05) is 13.3 Å². The van der Waals surface area contributed by atoms with Gasteiger partial charge < -0.3 is 15.5 Å². The molecule has 0 bridgehead atoms. The molecule has 3 rings (SSSR count). The van der Waals surface area contributed by atoms with Gasteiger partial charge in [-0.2, -0.15) is 0 Å². The second-order valence-electron chi connectivity index (χ2n) is 6.55. The van der Waals surface area contributed by atoms with Crippen LogP contribution in [0.2, 0.25) is 0 Å². The van der Waals surface area contributed by atoms with Crippen LogP contribution in [-0.4, -0.2) is 42.1 Å². The van der Waals surface area contributed by atoms with Gasteiger partial charge in [0.05, 0.1) is 0 Å². The summed E-state index contributed by atoms with van der Waals surface area (Å²) in [5, 5.41) is 6.27. The molecule has 1 saturated heterocycles. The summed E-state index contributed by atoms with van der Waals surface area (Å²) < 4.78 is 0. The predicted molar refractivity (Wildman–Crippen MR) is 76.1 cm³/mol. The standard InChI is InChI=1S/C15H27N3O/c1-2-3-11-10-14(11)17-15(19)16-12-6-8-18(9-7-12)13-4-5-13/h11-14H,2-10H2,1H3,(H2,16,17,19)/t11-,14+/m0/s1. The largest absolute Gasteiger partial charge is 0.335 e. The Hall–Kier alpha value is -0.770. The van der Waals surface area contributed by atoms with Crippen LogP contribution in [0, 0.1) is 5.92 Å². The molecule has 3 fully saturated rings. The Balaban J connectivity index is 1.32. The van der Waals surface area contributed by atoms with Gasteiger partial charge in [0.15, 0.2) is 0 Å². The molecule has 1 heterocycles. The molecule has 0 spiro atoms. The SMILES string of the molecule is CCC[C@H]1C[C@H]1NC(=O)NC1CCN(C2CC2)CC1. The van der Waals surface area contributed by atoms with Gasteiger partial charge >= 0.3 is 6.03 Å². The monoisotopic (exact) mass is 265 g/mol. The van der Waals surface area contributed by atoms with Crippen molar-refractivity contribution in [2.45, 2.75) is 70.0 Å². The van der Waals surface area contributed by atoms with Crippen LogP contribution in [0.5, 0.6) is 0 Å². The lowest BCUT2D eigenvalue weighted by molar-refractivity contribution is 0.185. The number of hydrogen-bond acceptors (Lipinski definition) is 2. The summed E-state index contributed by atoms with van der Waals surface area (Å²) in [6, 6.07) is 1.77. The second kappa shape index (κ2) is 5.70. The molecule has 0 unspecified atom stereocenters. The molecule has 3 aliphatic rings. The van der Waals surface area contributed by atoms with Crippen LogP contribution in [0.15, 0.2) is 0 Å². The third kappa shape index (κ3) is 3.62. The minimum atomic E-state index is 0.0634. The number of urea groups is 1. The zero-order valence-corrected chi connectivity index (χ0v) is 12.0. The summed E-state index contributed by atoms with van der Waals surface area (Å²) in [6.07, 6.45) is 8.67. The second-order valence-corrected chi connectivity index (χ2v) is 6.55. The normalized spacial score (nSPS) is 32.1. The highest BCUT2D eigenvalue weighted by Gasteiger charge is 2.37. The highest BCUT2D eigenvalue weighted by molar-refractivity contribution is 5.75. The molecule has 19 heavy (non-hydrogen) atoms. The lowest BCUT2D eigenvalue weighted by Crippen LogP contribution is -2.48. The molecule has 108 valence electrons. The first-order valence-electron chi connectivity index (χ1n) is 8.07.